The molecule has 2 aliphatic rings. The van der Waals surface area contributed by atoms with Crippen molar-refractivity contribution in [3.05, 3.63) is 28.7 Å². The summed E-state index contributed by atoms with van der Waals surface area (Å²) in [6.45, 7) is 5.52. The van der Waals surface area contributed by atoms with Crippen molar-refractivity contribution in [3.63, 3.8) is 0 Å². The molecule has 3 rings (SSSR count). The Hall–Kier alpha value is -0.960. The first-order valence-corrected chi connectivity index (χ1v) is 11.4. The maximum Gasteiger partial charge on any atom is 0.243 e. The third-order valence-corrected chi connectivity index (χ3v) is 7.76. The quantitative estimate of drug-likeness (QED) is 0.756. The van der Waals surface area contributed by atoms with Crippen molar-refractivity contribution in [1.82, 2.24) is 14.5 Å². The van der Waals surface area contributed by atoms with Crippen molar-refractivity contribution in [1.29, 1.82) is 0 Å². The molecule has 0 spiro atoms. The van der Waals surface area contributed by atoms with Gasteiger partial charge < -0.3 is 10.2 Å². The molecular weight excluding hydrogens is 418 g/mol. The van der Waals surface area contributed by atoms with Gasteiger partial charge in [-0.15, -0.1) is 0 Å². The highest BCUT2D eigenvalue weighted by Crippen LogP contribution is 2.27. The lowest BCUT2D eigenvalue weighted by atomic mass is 10.0. The monoisotopic (exact) mass is 443 g/mol. The number of hydrogen-bond acceptors (Lipinski definition) is 4. The summed E-state index contributed by atoms with van der Waals surface area (Å²) in [6.07, 6.45) is 3.13. The van der Waals surface area contributed by atoms with Crippen LogP contribution < -0.4 is 5.32 Å². The van der Waals surface area contributed by atoms with E-state index in [0.717, 1.165) is 36.9 Å². The first-order chi connectivity index (χ1) is 12.4. The Morgan fingerprint density at radius 3 is 2.42 bits per heavy atom. The van der Waals surface area contributed by atoms with Crippen LogP contribution in [0.15, 0.2) is 33.6 Å². The van der Waals surface area contributed by atoms with E-state index in [1.54, 1.807) is 24.3 Å². The molecule has 2 fully saturated rings. The molecule has 26 heavy (non-hydrogen) atoms. The number of piperidine rings is 1. The predicted octanol–water partition coefficient (Wildman–Crippen LogP) is 2.20. The maximum atomic E-state index is 13.0. The first kappa shape index (κ1) is 19.8. The summed E-state index contributed by atoms with van der Waals surface area (Å²) in [5.74, 6) is -0.155. The molecule has 2 heterocycles. The lowest BCUT2D eigenvalue weighted by Crippen LogP contribution is -2.51. The number of carbonyl (C=O) groups excluding carboxylic acids is 1. The number of nitrogens with zero attached hydrogens (tertiary/aromatic N) is 2. The van der Waals surface area contributed by atoms with Crippen LogP contribution in [0.4, 0.5) is 0 Å². The molecule has 1 atom stereocenters. The molecule has 144 valence electrons. The van der Waals surface area contributed by atoms with E-state index < -0.39 is 16.1 Å². The normalized spacial score (nSPS) is 23.2. The van der Waals surface area contributed by atoms with Crippen molar-refractivity contribution in [2.24, 2.45) is 0 Å². The van der Waals surface area contributed by atoms with Crippen molar-refractivity contribution < 1.29 is 13.2 Å². The van der Waals surface area contributed by atoms with E-state index >= 15 is 0 Å². The van der Waals surface area contributed by atoms with Gasteiger partial charge in [-0.25, -0.2) is 8.42 Å². The number of amides is 1. The molecule has 1 amide bonds. The van der Waals surface area contributed by atoms with Crippen molar-refractivity contribution in [2.45, 2.75) is 49.6 Å². The largest absolute Gasteiger partial charge is 0.352 e. The Kier molecular flexibility index (Phi) is 6.37. The topological polar surface area (TPSA) is 69.7 Å². The molecule has 6 nitrogen and oxygen atoms in total. The Balaban J connectivity index is 1.67. The van der Waals surface area contributed by atoms with Crippen LogP contribution >= 0.6 is 15.9 Å². The highest BCUT2D eigenvalue weighted by Gasteiger charge is 2.40. The fourth-order valence-corrected chi connectivity index (χ4v) is 5.64. The summed E-state index contributed by atoms with van der Waals surface area (Å²) in [4.78, 5) is 15.4. The van der Waals surface area contributed by atoms with Crippen molar-refractivity contribution in [2.75, 3.05) is 26.2 Å². The lowest BCUT2D eigenvalue weighted by Gasteiger charge is -2.32. The third-order valence-electron chi connectivity index (χ3n) is 5.31. The zero-order valence-corrected chi connectivity index (χ0v) is 17.4. The van der Waals surface area contributed by atoms with Gasteiger partial charge in [0, 0.05) is 30.1 Å². The van der Waals surface area contributed by atoms with Crippen LogP contribution in [0.2, 0.25) is 0 Å². The minimum Gasteiger partial charge on any atom is -0.352 e. The van der Waals surface area contributed by atoms with Crippen LogP contribution in [0.25, 0.3) is 0 Å². The highest BCUT2D eigenvalue weighted by atomic mass is 79.9. The van der Waals surface area contributed by atoms with Gasteiger partial charge in [-0.05, 0) is 56.5 Å². The molecule has 0 bridgehead atoms. The Morgan fingerprint density at radius 1 is 1.15 bits per heavy atom. The first-order valence-electron chi connectivity index (χ1n) is 9.22. The van der Waals surface area contributed by atoms with E-state index in [9.17, 15) is 13.2 Å². The van der Waals surface area contributed by atoms with E-state index in [2.05, 4.69) is 33.1 Å². The molecule has 0 unspecified atom stereocenters. The summed E-state index contributed by atoms with van der Waals surface area (Å²) in [7, 11) is -3.66. The summed E-state index contributed by atoms with van der Waals surface area (Å²) in [5, 5.41) is 3.09. The van der Waals surface area contributed by atoms with Crippen molar-refractivity contribution >= 4 is 31.9 Å². The zero-order valence-electron chi connectivity index (χ0n) is 15.0. The smallest absolute Gasteiger partial charge is 0.243 e. The van der Waals surface area contributed by atoms with Crippen LogP contribution in [0.5, 0.6) is 0 Å². The van der Waals surface area contributed by atoms with Gasteiger partial charge in [0.05, 0.1) is 4.90 Å². The number of nitrogens with one attached hydrogen (secondary N) is 1. The van der Waals surface area contributed by atoms with E-state index in [-0.39, 0.29) is 16.8 Å². The highest BCUT2D eigenvalue weighted by molar-refractivity contribution is 9.10. The van der Waals surface area contributed by atoms with E-state index in [1.165, 1.54) is 4.31 Å². The predicted molar refractivity (Wildman–Crippen MR) is 104 cm³/mol. The van der Waals surface area contributed by atoms with Gasteiger partial charge in [0.15, 0.2) is 0 Å². The molecule has 0 aliphatic carbocycles. The Bertz CT molecular complexity index is 731. The molecule has 1 N–H and O–H groups in total. The number of carbonyl (C=O) groups is 1. The second-order valence-corrected chi connectivity index (χ2v) is 9.75. The molecule has 0 radical (unpaired) electrons. The molecular formula is C18H26BrN3O3S. The number of halogens is 1. The van der Waals surface area contributed by atoms with E-state index in [0.29, 0.717) is 19.4 Å². The molecule has 2 saturated heterocycles. The van der Waals surface area contributed by atoms with Gasteiger partial charge in [-0.3, -0.25) is 4.79 Å². The standard InChI is InChI=1S/C18H26BrN3O3S/c1-2-21-12-9-15(10-13-21)20-18(23)17-4-3-11-22(17)26(24,25)16-7-5-14(19)6-8-16/h5-8,15,17H,2-4,9-13H2,1H3,(H,20,23)/t17-/m1/s1. The molecule has 1 aromatic carbocycles. The van der Waals surface area contributed by atoms with E-state index in [4.69, 9.17) is 0 Å². The van der Waals surface area contributed by atoms with Gasteiger partial charge in [-0.2, -0.15) is 4.31 Å². The second kappa shape index (κ2) is 8.37. The number of sulfonamides is 1. The van der Waals surface area contributed by atoms with Gasteiger partial charge in [0.1, 0.15) is 6.04 Å². The number of benzene rings is 1. The minimum absolute atomic E-state index is 0.142. The molecule has 1 aromatic rings. The van der Waals surface area contributed by atoms with Crippen LogP contribution in [0.1, 0.15) is 32.6 Å². The van der Waals surface area contributed by atoms with Crippen LogP contribution in [-0.4, -0.2) is 61.8 Å². The van der Waals surface area contributed by atoms with Gasteiger partial charge >= 0.3 is 0 Å². The second-order valence-electron chi connectivity index (χ2n) is 6.94. The fourth-order valence-electron chi connectivity index (χ4n) is 3.72. The number of rotatable bonds is 5. The average Bonchev–Trinajstić information content (AvgIpc) is 3.13. The summed E-state index contributed by atoms with van der Waals surface area (Å²) < 4.78 is 28.1. The average molecular weight is 444 g/mol. The van der Waals surface area contributed by atoms with Gasteiger partial charge in [0.25, 0.3) is 0 Å². The lowest BCUT2D eigenvalue weighted by molar-refractivity contribution is -0.125. The molecule has 0 aromatic heterocycles. The summed E-state index contributed by atoms with van der Waals surface area (Å²) in [6, 6.07) is 6.11. The van der Waals surface area contributed by atoms with E-state index in [1.807, 2.05) is 0 Å². The van der Waals surface area contributed by atoms with Gasteiger partial charge in [-0.1, -0.05) is 22.9 Å². The minimum atomic E-state index is -3.66. The fraction of sp³-hybridized carbons (Fsp3) is 0.611. The molecule has 8 heteroatoms. The molecule has 0 saturated carbocycles. The summed E-state index contributed by atoms with van der Waals surface area (Å²) >= 11 is 3.32. The molecule has 2 aliphatic heterocycles. The number of likely N-dealkylation sites (tertiary alicyclic amines) is 1. The Morgan fingerprint density at radius 2 is 1.81 bits per heavy atom. The van der Waals surface area contributed by atoms with Gasteiger partial charge in [0.2, 0.25) is 15.9 Å². The van der Waals surface area contributed by atoms with Crippen LogP contribution in [0.3, 0.4) is 0 Å². The summed E-state index contributed by atoms with van der Waals surface area (Å²) in [5.41, 5.74) is 0. The SMILES string of the molecule is CCN1CCC(NC(=O)[C@H]2CCCN2S(=O)(=O)c2ccc(Br)cc2)CC1. The van der Waals surface area contributed by atoms with Crippen molar-refractivity contribution in [3.8, 4) is 0 Å². The maximum absolute atomic E-state index is 13.0. The zero-order chi connectivity index (χ0) is 18.7. The Labute approximate surface area is 164 Å². The third kappa shape index (κ3) is 4.30. The number of hydrogen-bond donors (Lipinski definition) is 1. The van der Waals surface area contributed by atoms with Crippen LogP contribution in [-0.2, 0) is 14.8 Å². The van der Waals surface area contributed by atoms with Crippen LogP contribution in [0, 0.1) is 0 Å².